The molecule has 0 radical (unpaired) electrons. The normalized spacial score (nSPS) is 12.1. The van der Waals surface area contributed by atoms with Crippen LogP contribution in [0.1, 0.15) is 11.4 Å². The van der Waals surface area contributed by atoms with Crippen molar-refractivity contribution in [2.24, 2.45) is 0 Å². The number of fused-ring (bicyclic) bond motifs is 1. The van der Waals surface area contributed by atoms with Crippen LogP contribution >= 0.6 is 23.2 Å². The van der Waals surface area contributed by atoms with Gasteiger partial charge in [0.1, 0.15) is 5.82 Å². The third-order valence-corrected chi connectivity index (χ3v) is 2.70. The second-order valence-electron chi connectivity index (χ2n) is 3.31. The third kappa shape index (κ3) is 2.45. The van der Waals surface area contributed by atoms with Gasteiger partial charge in [0.2, 0.25) is 0 Å². The van der Waals surface area contributed by atoms with Crippen LogP contribution in [0.3, 0.4) is 0 Å². The van der Waals surface area contributed by atoms with Crippen LogP contribution in [0.2, 0.25) is 5.02 Å². The van der Waals surface area contributed by atoms with Crippen LogP contribution < -0.4 is 0 Å². The quantitative estimate of drug-likeness (QED) is 0.737. The maximum Gasteiger partial charge on any atom is 0.416 e. The first-order valence-electron chi connectivity index (χ1n) is 4.50. The van der Waals surface area contributed by atoms with E-state index in [0.29, 0.717) is 5.39 Å². The highest BCUT2D eigenvalue weighted by molar-refractivity contribution is 6.35. The van der Waals surface area contributed by atoms with Crippen LogP contribution in [-0.4, -0.2) is 9.97 Å². The van der Waals surface area contributed by atoms with Gasteiger partial charge in [-0.15, -0.1) is 11.6 Å². The smallest absolute Gasteiger partial charge is 0.239 e. The highest BCUT2D eigenvalue weighted by atomic mass is 35.5. The maximum atomic E-state index is 12.6. The summed E-state index contributed by atoms with van der Waals surface area (Å²) in [5.74, 6) is 0.290. The van der Waals surface area contributed by atoms with E-state index in [2.05, 4.69) is 9.97 Å². The van der Waals surface area contributed by atoms with Gasteiger partial charge in [-0.1, -0.05) is 11.6 Å². The molecule has 17 heavy (non-hydrogen) atoms. The highest BCUT2D eigenvalue weighted by Crippen LogP contribution is 2.34. The number of halogens is 5. The van der Waals surface area contributed by atoms with Gasteiger partial charge >= 0.3 is 6.18 Å². The van der Waals surface area contributed by atoms with Crippen molar-refractivity contribution in [2.75, 3.05) is 0 Å². The zero-order valence-electron chi connectivity index (χ0n) is 8.22. The van der Waals surface area contributed by atoms with Crippen LogP contribution in [0.5, 0.6) is 0 Å². The second kappa shape index (κ2) is 4.31. The van der Waals surface area contributed by atoms with Crippen molar-refractivity contribution in [1.82, 2.24) is 9.97 Å². The molecule has 1 heterocycles. The predicted octanol–water partition coefficient (Wildman–Crippen LogP) is 4.04. The molecule has 0 saturated carbocycles. The summed E-state index contributed by atoms with van der Waals surface area (Å²) in [6, 6.07) is 1.78. The number of nitrogens with zero attached hydrogens (tertiary/aromatic N) is 2. The van der Waals surface area contributed by atoms with Gasteiger partial charge < -0.3 is 0 Å². The monoisotopic (exact) mass is 280 g/mol. The largest absolute Gasteiger partial charge is 0.416 e. The van der Waals surface area contributed by atoms with Gasteiger partial charge in [-0.25, -0.2) is 9.97 Å². The van der Waals surface area contributed by atoms with E-state index in [1.165, 1.54) is 6.20 Å². The fraction of sp³-hybridized carbons (Fsp3) is 0.200. The molecule has 0 aliphatic heterocycles. The molecule has 0 atom stereocenters. The molecule has 2 nitrogen and oxygen atoms in total. The van der Waals surface area contributed by atoms with E-state index >= 15 is 0 Å². The van der Waals surface area contributed by atoms with E-state index in [4.69, 9.17) is 23.2 Å². The summed E-state index contributed by atoms with van der Waals surface area (Å²) >= 11 is 11.3. The molecule has 0 bridgehead atoms. The van der Waals surface area contributed by atoms with E-state index < -0.39 is 11.7 Å². The van der Waals surface area contributed by atoms with Gasteiger partial charge in [0, 0.05) is 11.6 Å². The Bertz CT molecular complexity index is 569. The van der Waals surface area contributed by atoms with Gasteiger partial charge in [0.05, 0.1) is 22.0 Å². The van der Waals surface area contributed by atoms with Gasteiger partial charge in [0.15, 0.2) is 0 Å². The molecule has 0 fully saturated rings. The number of rotatable bonds is 1. The molecule has 90 valence electrons. The Labute approximate surface area is 104 Å². The number of aromatic nitrogens is 2. The minimum absolute atomic E-state index is 0.0315. The molecule has 0 aliphatic rings. The number of benzene rings is 1. The van der Waals surface area contributed by atoms with Crippen molar-refractivity contribution in [3.63, 3.8) is 0 Å². The number of alkyl halides is 4. The summed E-state index contributed by atoms with van der Waals surface area (Å²) in [6.45, 7) is 0. The summed E-state index contributed by atoms with van der Waals surface area (Å²) in [7, 11) is 0. The molecule has 0 unspecified atom stereocenters. The molecule has 0 spiro atoms. The summed E-state index contributed by atoms with van der Waals surface area (Å²) < 4.78 is 37.7. The molecule has 2 rings (SSSR count). The van der Waals surface area contributed by atoms with Crippen LogP contribution in [0.4, 0.5) is 13.2 Å². The maximum absolute atomic E-state index is 12.6. The molecule has 0 saturated heterocycles. The molecular formula is C10H5Cl2F3N2. The SMILES string of the molecule is FC(F)(F)c1cc(Cl)c2cnc(CCl)nc2c1. The van der Waals surface area contributed by atoms with Crippen molar-refractivity contribution < 1.29 is 13.2 Å². The molecule has 1 aromatic heterocycles. The van der Waals surface area contributed by atoms with Gasteiger partial charge in [-0.05, 0) is 12.1 Å². The Balaban J connectivity index is 2.70. The standard InChI is InChI=1S/C10H5Cl2F3N2/c11-3-9-16-4-6-7(12)1-5(10(13,14)15)2-8(6)17-9/h1-2,4H,3H2. The second-order valence-corrected chi connectivity index (χ2v) is 3.98. The van der Waals surface area contributed by atoms with E-state index in [1.54, 1.807) is 0 Å². The lowest BCUT2D eigenvalue weighted by molar-refractivity contribution is -0.137. The van der Waals surface area contributed by atoms with Crippen LogP contribution in [0, 0.1) is 0 Å². The molecular weight excluding hydrogens is 276 g/mol. The molecule has 0 aliphatic carbocycles. The van der Waals surface area contributed by atoms with E-state index in [0.717, 1.165) is 12.1 Å². The lowest BCUT2D eigenvalue weighted by Gasteiger charge is -2.09. The van der Waals surface area contributed by atoms with E-state index in [1.807, 2.05) is 0 Å². The van der Waals surface area contributed by atoms with E-state index in [-0.39, 0.29) is 22.2 Å². The fourth-order valence-electron chi connectivity index (χ4n) is 1.36. The molecule has 1 aromatic carbocycles. The predicted molar refractivity (Wildman–Crippen MR) is 59.1 cm³/mol. The van der Waals surface area contributed by atoms with Crippen molar-refractivity contribution in [3.8, 4) is 0 Å². The van der Waals surface area contributed by atoms with Crippen LogP contribution in [-0.2, 0) is 12.1 Å². The Morgan fingerprint density at radius 2 is 1.94 bits per heavy atom. The Hall–Kier alpha value is -1.07. The zero-order chi connectivity index (χ0) is 12.6. The van der Waals surface area contributed by atoms with Crippen molar-refractivity contribution in [3.05, 3.63) is 34.7 Å². The average molecular weight is 281 g/mol. The van der Waals surface area contributed by atoms with Gasteiger partial charge in [-0.3, -0.25) is 0 Å². The van der Waals surface area contributed by atoms with Crippen LogP contribution in [0.25, 0.3) is 10.9 Å². The van der Waals surface area contributed by atoms with Crippen LogP contribution in [0.15, 0.2) is 18.3 Å². The van der Waals surface area contributed by atoms with Crippen molar-refractivity contribution >= 4 is 34.1 Å². The molecule has 2 aromatic rings. The number of hydrogen-bond acceptors (Lipinski definition) is 2. The lowest BCUT2D eigenvalue weighted by atomic mass is 10.1. The number of hydrogen-bond donors (Lipinski definition) is 0. The Morgan fingerprint density at radius 3 is 2.53 bits per heavy atom. The first-order chi connectivity index (χ1) is 7.91. The average Bonchev–Trinajstić information content (AvgIpc) is 2.27. The highest BCUT2D eigenvalue weighted by Gasteiger charge is 2.31. The lowest BCUT2D eigenvalue weighted by Crippen LogP contribution is -2.05. The fourth-order valence-corrected chi connectivity index (χ4v) is 1.75. The van der Waals surface area contributed by atoms with Gasteiger partial charge in [-0.2, -0.15) is 13.2 Å². The van der Waals surface area contributed by atoms with Crippen molar-refractivity contribution in [1.29, 1.82) is 0 Å². The Morgan fingerprint density at radius 1 is 1.24 bits per heavy atom. The summed E-state index contributed by atoms with van der Waals surface area (Å²) in [5, 5.41) is 0.337. The summed E-state index contributed by atoms with van der Waals surface area (Å²) in [6.07, 6.45) is -3.09. The zero-order valence-corrected chi connectivity index (χ0v) is 9.74. The summed E-state index contributed by atoms with van der Waals surface area (Å²) in [4.78, 5) is 7.77. The Kier molecular flexibility index (Phi) is 3.14. The first kappa shape index (κ1) is 12.4. The first-order valence-corrected chi connectivity index (χ1v) is 5.41. The topological polar surface area (TPSA) is 25.8 Å². The minimum Gasteiger partial charge on any atom is -0.239 e. The minimum atomic E-state index is -4.45. The third-order valence-electron chi connectivity index (χ3n) is 2.15. The summed E-state index contributed by atoms with van der Waals surface area (Å²) in [5.41, 5.74) is -0.704. The van der Waals surface area contributed by atoms with Gasteiger partial charge in [0.25, 0.3) is 0 Å². The molecule has 0 N–H and O–H groups in total. The van der Waals surface area contributed by atoms with E-state index in [9.17, 15) is 13.2 Å². The molecule has 0 amide bonds. The van der Waals surface area contributed by atoms with Crippen molar-refractivity contribution in [2.45, 2.75) is 12.1 Å². The molecule has 7 heteroatoms.